The van der Waals surface area contributed by atoms with Crippen LogP contribution in [0, 0.1) is 5.41 Å². The van der Waals surface area contributed by atoms with Gasteiger partial charge in [0.1, 0.15) is 4.99 Å². The number of carboxylic acids is 1. The molecule has 0 aromatic rings. The van der Waals surface area contributed by atoms with Gasteiger partial charge in [-0.3, -0.25) is 9.59 Å². The largest absolute Gasteiger partial charge is 0.481 e. The molecular weight excluding hydrogens is 250 g/mol. The van der Waals surface area contributed by atoms with Crippen LogP contribution in [0.4, 0.5) is 0 Å². The molecule has 1 unspecified atom stereocenters. The zero-order chi connectivity index (χ0) is 13.9. The van der Waals surface area contributed by atoms with Crippen molar-refractivity contribution in [2.45, 2.75) is 52.5 Å². The summed E-state index contributed by atoms with van der Waals surface area (Å²) >= 11 is 5.26. The predicted octanol–water partition coefficient (Wildman–Crippen LogP) is 2.26. The van der Waals surface area contributed by atoms with Crippen molar-refractivity contribution in [1.82, 2.24) is 4.90 Å². The lowest BCUT2D eigenvalue weighted by atomic mass is 9.85. The molecule has 5 heteroatoms. The second-order valence-corrected chi connectivity index (χ2v) is 5.85. The van der Waals surface area contributed by atoms with E-state index in [-0.39, 0.29) is 18.2 Å². The maximum Gasteiger partial charge on any atom is 0.305 e. The number of ketones is 1. The van der Waals surface area contributed by atoms with E-state index >= 15 is 0 Å². The molecule has 0 bridgehead atoms. The van der Waals surface area contributed by atoms with Crippen molar-refractivity contribution in [1.29, 1.82) is 0 Å². The van der Waals surface area contributed by atoms with Gasteiger partial charge in [-0.25, -0.2) is 0 Å². The number of likely N-dealkylation sites (tertiary alicyclic amines) is 1. The van der Waals surface area contributed by atoms with Crippen molar-refractivity contribution in [3.05, 3.63) is 0 Å². The van der Waals surface area contributed by atoms with Crippen LogP contribution >= 0.6 is 12.2 Å². The van der Waals surface area contributed by atoms with Gasteiger partial charge < -0.3 is 10.0 Å². The lowest BCUT2D eigenvalue weighted by molar-refractivity contribution is -0.138. The summed E-state index contributed by atoms with van der Waals surface area (Å²) in [4.78, 5) is 25.2. The molecule has 4 nitrogen and oxygen atoms in total. The van der Waals surface area contributed by atoms with Gasteiger partial charge in [0.25, 0.3) is 0 Å². The van der Waals surface area contributed by atoms with E-state index in [1.165, 1.54) is 0 Å². The molecular formula is C13H21NO3S. The normalized spacial score (nSPS) is 19.9. The van der Waals surface area contributed by atoms with Gasteiger partial charge in [-0.05, 0) is 19.3 Å². The highest BCUT2D eigenvalue weighted by Crippen LogP contribution is 2.27. The summed E-state index contributed by atoms with van der Waals surface area (Å²) in [6, 6.07) is -0.119. The fourth-order valence-electron chi connectivity index (χ4n) is 2.10. The Bertz CT molecular complexity index is 365. The smallest absolute Gasteiger partial charge is 0.305 e. The third-order valence-electron chi connectivity index (χ3n) is 3.74. The second kappa shape index (κ2) is 5.78. The number of aliphatic carboxylic acids is 1. The number of thiocarbonyl (C=S) groups is 1. The molecule has 0 saturated carbocycles. The maximum atomic E-state index is 12.3. The standard InChI is InChI=1S/C13H21NO3S/c1-4-13(2,3)11(17)12(18)14-7-5-6-9(14)8-10(15)16/h9H,4-8H2,1-3H3,(H,15,16). The zero-order valence-electron chi connectivity index (χ0n) is 11.2. The molecule has 102 valence electrons. The van der Waals surface area contributed by atoms with E-state index < -0.39 is 11.4 Å². The summed E-state index contributed by atoms with van der Waals surface area (Å²) in [5.41, 5.74) is -0.465. The summed E-state index contributed by atoms with van der Waals surface area (Å²) in [5, 5.41) is 8.86. The molecule has 1 aliphatic rings. The molecule has 1 N–H and O–H groups in total. The Morgan fingerprint density at radius 1 is 1.44 bits per heavy atom. The van der Waals surface area contributed by atoms with E-state index in [0.29, 0.717) is 11.5 Å². The highest BCUT2D eigenvalue weighted by Gasteiger charge is 2.36. The van der Waals surface area contributed by atoms with E-state index in [4.69, 9.17) is 17.3 Å². The Morgan fingerprint density at radius 2 is 2.06 bits per heavy atom. The van der Waals surface area contributed by atoms with E-state index in [0.717, 1.165) is 19.3 Å². The van der Waals surface area contributed by atoms with E-state index in [1.807, 2.05) is 25.7 Å². The Balaban J connectivity index is 2.77. The van der Waals surface area contributed by atoms with Crippen LogP contribution < -0.4 is 0 Å². The third kappa shape index (κ3) is 3.28. The molecule has 1 fully saturated rings. The van der Waals surface area contributed by atoms with Crippen LogP contribution in [0.3, 0.4) is 0 Å². The molecule has 0 amide bonds. The number of nitrogens with zero attached hydrogens (tertiary/aromatic N) is 1. The highest BCUT2D eigenvalue weighted by atomic mass is 32.1. The Kier molecular flexibility index (Phi) is 4.85. The zero-order valence-corrected chi connectivity index (χ0v) is 12.0. The van der Waals surface area contributed by atoms with Crippen molar-refractivity contribution >= 4 is 29.0 Å². The van der Waals surface area contributed by atoms with Crippen LogP contribution in [0.1, 0.15) is 46.5 Å². The lowest BCUT2D eigenvalue weighted by Gasteiger charge is -2.30. The minimum absolute atomic E-state index is 0.0442. The van der Waals surface area contributed by atoms with E-state index in [1.54, 1.807) is 0 Å². The number of carbonyl (C=O) groups is 2. The fourth-order valence-corrected chi connectivity index (χ4v) is 2.61. The Hall–Kier alpha value is -0.970. The molecule has 1 aliphatic heterocycles. The molecule has 0 spiro atoms. The van der Waals surface area contributed by atoms with Gasteiger partial charge in [0, 0.05) is 18.0 Å². The highest BCUT2D eigenvalue weighted by molar-refractivity contribution is 7.82. The number of hydrogen-bond acceptors (Lipinski definition) is 3. The van der Waals surface area contributed by atoms with Crippen LogP contribution in [0.15, 0.2) is 0 Å². The molecule has 0 aromatic heterocycles. The Labute approximate surface area is 113 Å². The number of carboxylic acid groups (broad SMARTS) is 1. The molecule has 1 atom stereocenters. The van der Waals surface area contributed by atoms with Crippen LogP contribution in [0.2, 0.25) is 0 Å². The first-order valence-corrected chi connectivity index (χ1v) is 6.77. The number of hydrogen-bond donors (Lipinski definition) is 1. The van der Waals surface area contributed by atoms with Gasteiger partial charge >= 0.3 is 5.97 Å². The average Bonchev–Trinajstić information content (AvgIpc) is 2.74. The van der Waals surface area contributed by atoms with Crippen molar-refractivity contribution < 1.29 is 14.7 Å². The summed E-state index contributed by atoms with van der Waals surface area (Å²) in [6.07, 6.45) is 2.48. The van der Waals surface area contributed by atoms with Crippen molar-refractivity contribution in [3.63, 3.8) is 0 Å². The van der Waals surface area contributed by atoms with Crippen molar-refractivity contribution in [3.8, 4) is 0 Å². The third-order valence-corrected chi connectivity index (χ3v) is 4.16. The number of rotatable bonds is 5. The van der Waals surface area contributed by atoms with Gasteiger partial charge in [0.2, 0.25) is 0 Å². The first-order chi connectivity index (χ1) is 8.29. The summed E-state index contributed by atoms with van der Waals surface area (Å²) < 4.78 is 0. The van der Waals surface area contributed by atoms with Crippen molar-refractivity contribution in [2.24, 2.45) is 5.41 Å². The first-order valence-electron chi connectivity index (χ1n) is 6.36. The maximum absolute atomic E-state index is 12.3. The van der Waals surface area contributed by atoms with Crippen molar-refractivity contribution in [2.75, 3.05) is 6.54 Å². The summed E-state index contributed by atoms with van der Waals surface area (Å²) in [5.74, 6) is -0.880. The van der Waals surface area contributed by atoms with E-state index in [9.17, 15) is 9.59 Å². The molecule has 0 aliphatic carbocycles. The number of carbonyl (C=O) groups excluding carboxylic acids is 1. The minimum atomic E-state index is -0.836. The minimum Gasteiger partial charge on any atom is -0.481 e. The van der Waals surface area contributed by atoms with Crippen LogP contribution in [0.5, 0.6) is 0 Å². The topological polar surface area (TPSA) is 57.6 Å². The summed E-state index contributed by atoms with van der Waals surface area (Å²) in [7, 11) is 0. The summed E-state index contributed by atoms with van der Waals surface area (Å²) in [6.45, 7) is 6.41. The average molecular weight is 271 g/mol. The van der Waals surface area contributed by atoms with Crippen LogP contribution in [-0.2, 0) is 9.59 Å². The number of Topliss-reactive ketones (excluding diaryl/α,β-unsaturated/α-hetero) is 1. The molecule has 0 radical (unpaired) electrons. The predicted molar refractivity (Wildman–Crippen MR) is 73.7 cm³/mol. The van der Waals surface area contributed by atoms with Crippen LogP contribution in [-0.4, -0.2) is 39.3 Å². The first kappa shape index (κ1) is 15.1. The van der Waals surface area contributed by atoms with Gasteiger partial charge in [0.15, 0.2) is 5.78 Å². The van der Waals surface area contributed by atoms with E-state index in [2.05, 4.69) is 0 Å². The quantitative estimate of drug-likeness (QED) is 0.777. The molecule has 1 rings (SSSR count). The monoisotopic (exact) mass is 271 g/mol. The molecule has 1 heterocycles. The second-order valence-electron chi connectivity index (χ2n) is 5.46. The SMILES string of the molecule is CCC(C)(C)C(=O)C(=S)N1CCCC1CC(=O)O. The lowest BCUT2D eigenvalue weighted by Crippen LogP contribution is -2.44. The Morgan fingerprint density at radius 3 is 2.56 bits per heavy atom. The van der Waals surface area contributed by atoms with Crippen LogP contribution in [0.25, 0.3) is 0 Å². The fraction of sp³-hybridized carbons (Fsp3) is 0.769. The van der Waals surface area contributed by atoms with Gasteiger partial charge in [-0.2, -0.15) is 0 Å². The molecule has 18 heavy (non-hydrogen) atoms. The molecule has 1 saturated heterocycles. The van der Waals surface area contributed by atoms with Gasteiger partial charge in [-0.1, -0.05) is 33.0 Å². The van der Waals surface area contributed by atoms with Gasteiger partial charge in [0.05, 0.1) is 6.42 Å². The van der Waals surface area contributed by atoms with Gasteiger partial charge in [-0.15, -0.1) is 0 Å². The molecule has 0 aromatic carbocycles.